The first-order valence-corrected chi connectivity index (χ1v) is 9.70. The van der Waals surface area contributed by atoms with Gasteiger partial charge in [-0.15, -0.1) is 0 Å². The predicted octanol–water partition coefficient (Wildman–Crippen LogP) is 2.84. The molecule has 0 atom stereocenters. The van der Waals surface area contributed by atoms with Gasteiger partial charge in [-0.3, -0.25) is 4.79 Å². The number of ether oxygens (including phenoxy) is 2. The highest BCUT2D eigenvalue weighted by molar-refractivity contribution is 6.09. The number of pyridine rings is 1. The maximum atomic E-state index is 12.8. The van der Waals surface area contributed by atoms with Crippen LogP contribution in [0.5, 0.6) is 0 Å². The lowest BCUT2D eigenvalue weighted by Gasteiger charge is -2.18. The topological polar surface area (TPSA) is 102 Å². The number of aromatic amines is 1. The van der Waals surface area contributed by atoms with Crippen LogP contribution in [0, 0.1) is 13.8 Å². The summed E-state index contributed by atoms with van der Waals surface area (Å²) in [6.45, 7) is 6.48. The van der Waals surface area contributed by atoms with Crippen molar-refractivity contribution in [2.45, 2.75) is 33.6 Å². The lowest BCUT2D eigenvalue weighted by molar-refractivity contribution is 0.0472. The third-order valence-electron chi connectivity index (χ3n) is 4.88. The molecule has 0 aromatic carbocycles. The largest absolute Gasteiger partial charge is 0.462 e. The number of H-pyrrole nitrogens is 1. The van der Waals surface area contributed by atoms with Gasteiger partial charge in [-0.1, -0.05) is 0 Å². The van der Waals surface area contributed by atoms with Crippen molar-refractivity contribution in [2.24, 2.45) is 0 Å². The molecule has 0 spiro atoms. The highest BCUT2D eigenvalue weighted by Crippen LogP contribution is 2.23. The molecule has 0 amide bonds. The molecule has 8 nitrogen and oxygen atoms in total. The lowest BCUT2D eigenvalue weighted by atomic mass is 10.1. The molecule has 1 aliphatic heterocycles. The van der Waals surface area contributed by atoms with E-state index in [1.807, 2.05) is 4.90 Å². The molecule has 8 heteroatoms. The standard InChI is InChI=1S/C21H25N3O5/c1-4-28-21(27)18-14(3)23-13(2)17(18)16(25)12-29-20(26)15-8-7-9-22-19(15)24-10-5-6-11-24/h7-9,23H,4-6,10-12H2,1-3H3. The van der Waals surface area contributed by atoms with Crippen molar-refractivity contribution in [3.05, 3.63) is 46.4 Å². The number of aromatic nitrogens is 2. The predicted molar refractivity (Wildman–Crippen MR) is 107 cm³/mol. The van der Waals surface area contributed by atoms with Gasteiger partial charge in [0, 0.05) is 30.7 Å². The molecule has 2 aromatic heterocycles. The van der Waals surface area contributed by atoms with Crippen LogP contribution < -0.4 is 4.90 Å². The van der Waals surface area contributed by atoms with E-state index in [0.717, 1.165) is 25.9 Å². The number of nitrogens with zero attached hydrogens (tertiary/aromatic N) is 2. The Morgan fingerprint density at radius 3 is 2.45 bits per heavy atom. The van der Waals surface area contributed by atoms with E-state index in [-0.39, 0.29) is 17.7 Å². The monoisotopic (exact) mass is 399 g/mol. The van der Waals surface area contributed by atoms with Crippen LogP contribution in [-0.4, -0.2) is 54.0 Å². The van der Waals surface area contributed by atoms with Gasteiger partial charge in [0.25, 0.3) is 0 Å². The summed E-state index contributed by atoms with van der Waals surface area (Å²) >= 11 is 0. The Morgan fingerprint density at radius 1 is 1.07 bits per heavy atom. The Kier molecular flexibility index (Phi) is 6.31. The average molecular weight is 399 g/mol. The molecule has 0 unspecified atom stereocenters. The Morgan fingerprint density at radius 2 is 1.76 bits per heavy atom. The minimum atomic E-state index is -0.615. The number of carbonyl (C=O) groups excluding carboxylic acids is 3. The molecule has 0 bridgehead atoms. The van der Waals surface area contributed by atoms with Crippen LogP contribution in [-0.2, 0) is 9.47 Å². The normalized spacial score (nSPS) is 13.4. The molecule has 1 saturated heterocycles. The number of nitrogens with one attached hydrogen (secondary N) is 1. The second-order valence-corrected chi connectivity index (χ2v) is 6.91. The number of ketones is 1. The summed E-state index contributed by atoms with van der Waals surface area (Å²) in [6, 6.07) is 3.31. The number of carbonyl (C=O) groups is 3. The number of aryl methyl sites for hydroxylation is 2. The van der Waals surface area contributed by atoms with E-state index in [1.54, 1.807) is 39.1 Å². The van der Waals surface area contributed by atoms with E-state index in [2.05, 4.69) is 9.97 Å². The first-order chi connectivity index (χ1) is 13.9. The third kappa shape index (κ3) is 4.31. The minimum Gasteiger partial charge on any atom is -0.462 e. The molecule has 154 valence electrons. The van der Waals surface area contributed by atoms with Crippen molar-refractivity contribution in [1.82, 2.24) is 9.97 Å². The number of rotatable bonds is 7. The van der Waals surface area contributed by atoms with Gasteiger partial charge in [0.2, 0.25) is 5.78 Å². The van der Waals surface area contributed by atoms with Gasteiger partial charge in [0.05, 0.1) is 17.7 Å². The van der Waals surface area contributed by atoms with Gasteiger partial charge >= 0.3 is 11.9 Å². The molecule has 0 radical (unpaired) electrons. The smallest absolute Gasteiger partial charge is 0.342 e. The highest BCUT2D eigenvalue weighted by Gasteiger charge is 2.27. The fraction of sp³-hybridized carbons (Fsp3) is 0.429. The van der Waals surface area contributed by atoms with Crippen molar-refractivity contribution in [1.29, 1.82) is 0 Å². The van der Waals surface area contributed by atoms with Crippen molar-refractivity contribution in [2.75, 3.05) is 31.2 Å². The van der Waals surface area contributed by atoms with Crippen molar-refractivity contribution < 1.29 is 23.9 Å². The maximum Gasteiger partial charge on any atom is 0.342 e. The summed E-state index contributed by atoms with van der Waals surface area (Å²) < 4.78 is 10.3. The van der Waals surface area contributed by atoms with Crippen LogP contribution in [0.25, 0.3) is 0 Å². The Balaban J connectivity index is 1.75. The number of esters is 2. The molecule has 2 aromatic rings. The van der Waals surface area contributed by atoms with Gasteiger partial charge in [-0.05, 0) is 45.7 Å². The van der Waals surface area contributed by atoms with Crippen LogP contribution in [0.2, 0.25) is 0 Å². The molecule has 29 heavy (non-hydrogen) atoms. The minimum absolute atomic E-state index is 0.185. The van der Waals surface area contributed by atoms with Crippen molar-refractivity contribution in [3.63, 3.8) is 0 Å². The zero-order valence-electron chi connectivity index (χ0n) is 16.9. The zero-order chi connectivity index (χ0) is 21.0. The summed E-state index contributed by atoms with van der Waals surface area (Å²) in [4.78, 5) is 47.0. The van der Waals surface area contributed by atoms with Crippen LogP contribution in [0.15, 0.2) is 18.3 Å². The van der Waals surface area contributed by atoms with Crippen molar-refractivity contribution in [3.8, 4) is 0 Å². The Labute approximate surface area is 169 Å². The van der Waals surface area contributed by atoms with Gasteiger partial charge in [-0.2, -0.15) is 0 Å². The van der Waals surface area contributed by atoms with Gasteiger partial charge in [0.15, 0.2) is 6.61 Å². The molecular weight excluding hydrogens is 374 g/mol. The SMILES string of the molecule is CCOC(=O)c1c(C)[nH]c(C)c1C(=O)COC(=O)c1cccnc1N1CCCC1. The highest BCUT2D eigenvalue weighted by atomic mass is 16.5. The number of hydrogen-bond acceptors (Lipinski definition) is 7. The molecular formula is C21H25N3O5. The summed E-state index contributed by atoms with van der Waals surface area (Å²) in [7, 11) is 0. The second-order valence-electron chi connectivity index (χ2n) is 6.91. The fourth-order valence-electron chi connectivity index (χ4n) is 3.61. The third-order valence-corrected chi connectivity index (χ3v) is 4.88. The summed E-state index contributed by atoms with van der Waals surface area (Å²) in [5.74, 6) is -1.08. The molecule has 1 fully saturated rings. The van der Waals surface area contributed by atoms with E-state index in [0.29, 0.717) is 22.8 Å². The average Bonchev–Trinajstić information content (AvgIpc) is 3.33. The first-order valence-electron chi connectivity index (χ1n) is 9.70. The quantitative estimate of drug-likeness (QED) is 0.564. The second kappa shape index (κ2) is 8.89. The summed E-state index contributed by atoms with van der Waals surface area (Å²) in [5.41, 5.74) is 1.78. The maximum absolute atomic E-state index is 12.8. The number of anilines is 1. The van der Waals surface area contributed by atoms with Gasteiger partial charge < -0.3 is 19.4 Å². The summed E-state index contributed by atoms with van der Waals surface area (Å²) in [5, 5.41) is 0. The molecule has 0 saturated carbocycles. The Bertz CT molecular complexity index is 928. The fourth-order valence-corrected chi connectivity index (χ4v) is 3.61. The van der Waals surface area contributed by atoms with E-state index >= 15 is 0 Å². The molecule has 0 aliphatic carbocycles. The van der Waals surface area contributed by atoms with Crippen LogP contribution in [0.1, 0.15) is 62.2 Å². The summed E-state index contributed by atoms with van der Waals surface area (Å²) in [6.07, 6.45) is 3.73. The van der Waals surface area contributed by atoms with Crippen LogP contribution in [0.3, 0.4) is 0 Å². The van der Waals surface area contributed by atoms with E-state index in [4.69, 9.17) is 9.47 Å². The van der Waals surface area contributed by atoms with Crippen LogP contribution in [0.4, 0.5) is 5.82 Å². The Hall–Kier alpha value is -3.16. The molecule has 1 N–H and O–H groups in total. The molecule has 3 heterocycles. The van der Waals surface area contributed by atoms with Gasteiger partial charge in [0.1, 0.15) is 11.4 Å². The number of hydrogen-bond donors (Lipinski definition) is 1. The first kappa shape index (κ1) is 20.6. The van der Waals surface area contributed by atoms with E-state index in [1.165, 1.54) is 0 Å². The molecule has 1 aliphatic rings. The van der Waals surface area contributed by atoms with Gasteiger partial charge in [-0.25, -0.2) is 14.6 Å². The zero-order valence-corrected chi connectivity index (χ0v) is 16.9. The van der Waals surface area contributed by atoms with E-state index < -0.39 is 24.3 Å². The lowest BCUT2D eigenvalue weighted by Crippen LogP contribution is -2.24. The van der Waals surface area contributed by atoms with E-state index in [9.17, 15) is 14.4 Å². The van der Waals surface area contributed by atoms with Crippen LogP contribution >= 0.6 is 0 Å². The molecule has 3 rings (SSSR count). The van der Waals surface area contributed by atoms with Crippen molar-refractivity contribution >= 4 is 23.5 Å². The number of Topliss-reactive ketones (excluding diaryl/α,β-unsaturated/α-hetero) is 1.